The predicted octanol–water partition coefficient (Wildman–Crippen LogP) is 2.05. The van der Waals surface area contributed by atoms with E-state index >= 15 is 0 Å². The van der Waals surface area contributed by atoms with Gasteiger partial charge in [-0.05, 0) is 6.42 Å². The zero-order valence-electron chi connectivity index (χ0n) is 10.8. The van der Waals surface area contributed by atoms with Crippen molar-refractivity contribution >= 4 is 32.0 Å². The van der Waals surface area contributed by atoms with Crippen LogP contribution in [-0.2, 0) is 10.0 Å². The maximum atomic E-state index is 12.3. The van der Waals surface area contributed by atoms with Crippen LogP contribution in [0, 0.1) is 10.1 Å². The van der Waals surface area contributed by atoms with Crippen molar-refractivity contribution < 1.29 is 13.3 Å². The highest BCUT2D eigenvalue weighted by Gasteiger charge is 2.29. The van der Waals surface area contributed by atoms with Crippen LogP contribution in [0.4, 0.5) is 10.7 Å². The molecule has 0 aromatic carbocycles. The highest BCUT2D eigenvalue weighted by molar-refractivity contribution is 7.91. The molecule has 0 saturated heterocycles. The maximum Gasteiger partial charge on any atom is 0.304 e. The van der Waals surface area contributed by atoms with Crippen molar-refractivity contribution in [1.29, 1.82) is 0 Å². The lowest BCUT2D eigenvalue weighted by atomic mass is 10.3. The van der Waals surface area contributed by atoms with Crippen LogP contribution >= 0.6 is 11.3 Å². The number of nitrogen functional groups attached to an aromatic ring is 1. The first-order valence-corrected chi connectivity index (χ1v) is 8.14. The Bertz CT molecular complexity index is 553. The molecule has 2 N–H and O–H groups in total. The minimum Gasteiger partial charge on any atom is -0.385 e. The number of rotatable bonds is 7. The van der Waals surface area contributed by atoms with Crippen LogP contribution in [0.3, 0.4) is 0 Å². The summed E-state index contributed by atoms with van der Waals surface area (Å²) in [5, 5.41) is 10.6. The molecule has 1 aromatic heterocycles. The van der Waals surface area contributed by atoms with Gasteiger partial charge in [-0.1, -0.05) is 31.6 Å². The Labute approximate surface area is 116 Å². The van der Waals surface area contributed by atoms with E-state index < -0.39 is 14.9 Å². The van der Waals surface area contributed by atoms with Crippen LogP contribution in [0.15, 0.2) is 10.3 Å². The van der Waals surface area contributed by atoms with Gasteiger partial charge in [-0.15, -0.1) is 0 Å². The fraction of sp³-hybridized carbons (Fsp3) is 0.600. The molecule has 0 saturated carbocycles. The Morgan fingerprint density at radius 1 is 1.47 bits per heavy atom. The van der Waals surface area contributed by atoms with E-state index in [4.69, 9.17) is 5.73 Å². The smallest absolute Gasteiger partial charge is 0.304 e. The minimum atomic E-state index is -3.69. The van der Waals surface area contributed by atoms with Gasteiger partial charge in [0.1, 0.15) is 4.21 Å². The Morgan fingerprint density at radius 3 is 2.53 bits per heavy atom. The molecule has 0 aliphatic carbocycles. The van der Waals surface area contributed by atoms with E-state index in [1.807, 2.05) is 6.92 Å². The summed E-state index contributed by atoms with van der Waals surface area (Å²) in [6.45, 7) is 4.43. The van der Waals surface area contributed by atoms with Gasteiger partial charge in [0.25, 0.3) is 10.0 Å². The average Bonchev–Trinajstić information content (AvgIpc) is 2.73. The van der Waals surface area contributed by atoms with Crippen molar-refractivity contribution in [2.75, 3.05) is 18.8 Å². The van der Waals surface area contributed by atoms with Gasteiger partial charge in [0, 0.05) is 19.2 Å². The molecule has 1 rings (SSSR count). The number of hydrogen-bond donors (Lipinski definition) is 1. The number of sulfonamides is 1. The first-order valence-electron chi connectivity index (χ1n) is 5.88. The third-order valence-electron chi connectivity index (χ3n) is 2.62. The molecule has 0 atom stereocenters. The molecule has 1 heterocycles. The number of anilines is 1. The summed E-state index contributed by atoms with van der Waals surface area (Å²) in [6.07, 6.45) is 1.62. The van der Waals surface area contributed by atoms with Crippen molar-refractivity contribution in [3.05, 3.63) is 16.2 Å². The summed E-state index contributed by atoms with van der Waals surface area (Å²) in [7, 11) is -3.69. The molecule has 19 heavy (non-hydrogen) atoms. The molecule has 0 fully saturated rings. The van der Waals surface area contributed by atoms with Crippen LogP contribution in [0.2, 0.25) is 0 Å². The Kier molecular flexibility index (Phi) is 5.27. The van der Waals surface area contributed by atoms with Crippen molar-refractivity contribution in [3.63, 3.8) is 0 Å². The number of nitrogens with two attached hydrogens (primary N) is 1. The summed E-state index contributed by atoms with van der Waals surface area (Å²) in [4.78, 5) is 10.0. The van der Waals surface area contributed by atoms with Crippen molar-refractivity contribution in [2.45, 2.75) is 30.9 Å². The topological polar surface area (TPSA) is 107 Å². The monoisotopic (exact) mass is 307 g/mol. The fourth-order valence-corrected chi connectivity index (χ4v) is 4.41. The van der Waals surface area contributed by atoms with Crippen LogP contribution in [0.1, 0.15) is 26.7 Å². The molecule has 0 aliphatic rings. The second-order valence-corrected chi connectivity index (χ2v) is 7.17. The normalized spacial score (nSPS) is 11.9. The quantitative estimate of drug-likeness (QED) is 0.613. The van der Waals surface area contributed by atoms with E-state index in [9.17, 15) is 18.5 Å². The van der Waals surface area contributed by atoms with E-state index in [0.29, 0.717) is 13.1 Å². The zero-order valence-corrected chi connectivity index (χ0v) is 12.5. The van der Waals surface area contributed by atoms with Crippen LogP contribution in [0.25, 0.3) is 0 Å². The predicted molar refractivity (Wildman–Crippen MR) is 74.7 cm³/mol. The van der Waals surface area contributed by atoms with Gasteiger partial charge in [-0.3, -0.25) is 10.1 Å². The molecule has 9 heteroatoms. The van der Waals surface area contributed by atoms with Crippen LogP contribution in [-0.4, -0.2) is 30.7 Å². The molecule has 0 unspecified atom stereocenters. The Hall–Kier alpha value is -1.19. The average molecular weight is 307 g/mol. The van der Waals surface area contributed by atoms with E-state index in [2.05, 4.69) is 0 Å². The number of nitro groups is 1. The zero-order chi connectivity index (χ0) is 14.6. The van der Waals surface area contributed by atoms with Crippen molar-refractivity contribution in [3.8, 4) is 0 Å². The van der Waals surface area contributed by atoms with Gasteiger partial charge in [-0.2, -0.15) is 4.31 Å². The summed E-state index contributed by atoms with van der Waals surface area (Å²) in [5.74, 6) is 0. The van der Waals surface area contributed by atoms with Crippen LogP contribution in [0.5, 0.6) is 0 Å². The summed E-state index contributed by atoms with van der Waals surface area (Å²) in [6, 6.07) is 1.03. The van der Waals surface area contributed by atoms with Gasteiger partial charge in [-0.25, -0.2) is 8.42 Å². The molecule has 0 amide bonds. The SMILES string of the molecule is CCCCN(CC)S(=O)(=O)c1cc([N+](=O)[O-])c(N)s1. The summed E-state index contributed by atoms with van der Waals surface area (Å²) in [5.41, 5.74) is 5.12. The highest BCUT2D eigenvalue weighted by Crippen LogP contribution is 2.35. The summed E-state index contributed by atoms with van der Waals surface area (Å²) < 4.78 is 25.9. The van der Waals surface area contributed by atoms with E-state index in [1.165, 1.54) is 4.31 Å². The molecule has 0 aliphatic heterocycles. The van der Waals surface area contributed by atoms with E-state index in [1.54, 1.807) is 6.92 Å². The van der Waals surface area contributed by atoms with Crippen LogP contribution < -0.4 is 5.73 Å². The lowest BCUT2D eigenvalue weighted by Gasteiger charge is -2.18. The summed E-state index contributed by atoms with van der Waals surface area (Å²) >= 11 is 0.733. The molecule has 0 bridgehead atoms. The molecule has 7 nitrogen and oxygen atoms in total. The number of thiophene rings is 1. The first-order chi connectivity index (χ1) is 8.84. The number of hydrogen-bond acceptors (Lipinski definition) is 6. The Morgan fingerprint density at radius 2 is 2.11 bits per heavy atom. The standard InChI is InChI=1S/C10H17N3O4S2/c1-3-5-6-12(4-2)19(16,17)9-7-8(13(14)15)10(11)18-9/h7H,3-6,11H2,1-2H3. The Balaban J connectivity index is 3.11. The number of unbranched alkanes of at least 4 members (excludes halogenated alkanes) is 1. The van der Waals surface area contributed by atoms with Gasteiger partial charge < -0.3 is 5.73 Å². The third kappa shape index (κ3) is 3.43. The minimum absolute atomic E-state index is 0.0744. The van der Waals surface area contributed by atoms with Crippen molar-refractivity contribution in [2.24, 2.45) is 0 Å². The van der Waals surface area contributed by atoms with Gasteiger partial charge in [0.15, 0.2) is 5.00 Å². The number of nitrogens with zero attached hydrogens (tertiary/aromatic N) is 2. The molecule has 108 valence electrons. The maximum absolute atomic E-state index is 12.3. The van der Waals surface area contributed by atoms with E-state index in [0.717, 1.165) is 30.2 Å². The molecular weight excluding hydrogens is 290 g/mol. The largest absolute Gasteiger partial charge is 0.385 e. The van der Waals surface area contributed by atoms with Crippen molar-refractivity contribution in [1.82, 2.24) is 4.31 Å². The van der Waals surface area contributed by atoms with Gasteiger partial charge in [0.2, 0.25) is 0 Å². The second-order valence-electron chi connectivity index (χ2n) is 3.92. The van der Waals surface area contributed by atoms with Gasteiger partial charge >= 0.3 is 5.69 Å². The van der Waals surface area contributed by atoms with Gasteiger partial charge in [0.05, 0.1) is 4.92 Å². The molecule has 0 spiro atoms. The lowest BCUT2D eigenvalue weighted by molar-refractivity contribution is -0.383. The fourth-order valence-electron chi connectivity index (χ4n) is 1.55. The molecule has 1 aromatic rings. The first kappa shape index (κ1) is 15.9. The highest BCUT2D eigenvalue weighted by atomic mass is 32.2. The molecular formula is C10H17N3O4S2. The molecule has 0 radical (unpaired) electrons. The lowest BCUT2D eigenvalue weighted by Crippen LogP contribution is -2.31. The van der Waals surface area contributed by atoms with E-state index in [-0.39, 0.29) is 14.9 Å². The third-order valence-corrected chi connectivity index (χ3v) is 6.00. The second kappa shape index (κ2) is 6.31.